The van der Waals surface area contributed by atoms with Crippen LogP contribution in [0.2, 0.25) is 0 Å². The number of aromatic hydroxyl groups is 1. The molecule has 0 saturated heterocycles. The SMILES string of the molecule is Oc1cccc2c(CC(O)c3c[nH]c4ccccc34)ccnc12. The molecule has 4 heteroatoms. The van der Waals surface area contributed by atoms with Crippen molar-refractivity contribution in [1.82, 2.24) is 9.97 Å². The van der Waals surface area contributed by atoms with E-state index in [0.717, 1.165) is 27.4 Å². The van der Waals surface area contributed by atoms with Gasteiger partial charge in [0, 0.05) is 40.7 Å². The van der Waals surface area contributed by atoms with Crippen LogP contribution >= 0.6 is 0 Å². The predicted molar refractivity (Wildman–Crippen MR) is 90.4 cm³/mol. The Kier molecular flexibility index (Phi) is 3.24. The molecule has 4 aromatic rings. The minimum atomic E-state index is -0.626. The van der Waals surface area contributed by atoms with Gasteiger partial charge in [-0.2, -0.15) is 0 Å². The lowest BCUT2D eigenvalue weighted by Crippen LogP contribution is -2.02. The lowest BCUT2D eigenvalue weighted by Gasteiger charge is -2.12. The van der Waals surface area contributed by atoms with Gasteiger partial charge in [0.1, 0.15) is 11.3 Å². The summed E-state index contributed by atoms with van der Waals surface area (Å²) in [6, 6.07) is 15.1. The number of fused-ring (bicyclic) bond motifs is 2. The second-order valence-corrected chi connectivity index (χ2v) is 5.65. The lowest BCUT2D eigenvalue weighted by atomic mass is 9.98. The van der Waals surface area contributed by atoms with Gasteiger partial charge >= 0.3 is 0 Å². The van der Waals surface area contributed by atoms with E-state index >= 15 is 0 Å². The van der Waals surface area contributed by atoms with Gasteiger partial charge in [0.15, 0.2) is 0 Å². The Labute approximate surface area is 133 Å². The number of H-pyrrole nitrogens is 1. The lowest BCUT2D eigenvalue weighted by molar-refractivity contribution is 0.180. The maximum atomic E-state index is 10.7. The maximum absolute atomic E-state index is 10.7. The topological polar surface area (TPSA) is 69.1 Å². The summed E-state index contributed by atoms with van der Waals surface area (Å²) in [5, 5.41) is 22.5. The molecule has 1 unspecified atom stereocenters. The molecule has 4 rings (SSSR count). The Bertz CT molecular complexity index is 991. The molecule has 0 radical (unpaired) electrons. The minimum Gasteiger partial charge on any atom is -0.506 e. The fourth-order valence-corrected chi connectivity index (χ4v) is 3.08. The number of benzene rings is 2. The monoisotopic (exact) mass is 304 g/mol. The normalized spacial score (nSPS) is 12.7. The van der Waals surface area contributed by atoms with Crippen LogP contribution in [0.1, 0.15) is 17.2 Å². The highest BCUT2D eigenvalue weighted by Gasteiger charge is 2.15. The molecule has 0 saturated carbocycles. The van der Waals surface area contributed by atoms with Gasteiger partial charge in [0.25, 0.3) is 0 Å². The van der Waals surface area contributed by atoms with Crippen molar-refractivity contribution in [3.63, 3.8) is 0 Å². The molecule has 2 aromatic carbocycles. The molecule has 1 atom stereocenters. The van der Waals surface area contributed by atoms with Crippen molar-refractivity contribution in [2.24, 2.45) is 0 Å². The third kappa shape index (κ3) is 2.33. The van der Waals surface area contributed by atoms with Crippen molar-refractivity contribution in [2.75, 3.05) is 0 Å². The van der Waals surface area contributed by atoms with Crippen LogP contribution < -0.4 is 0 Å². The summed E-state index contributed by atoms with van der Waals surface area (Å²) in [6.07, 6.45) is 3.36. The number of aromatic nitrogens is 2. The number of phenols is 1. The van der Waals surface area contributed by atoms with Gasteiger partial charge in [0.05, 0.1) is 6.10 Å². The Morgan fingerprint density at radius 2 is 1.83 bits per heavy atom. The van der Waals surface area contributed by atoms with E-state index in [0.29, 0.717) is 11.9 Å². The second-order valence-electron chi connectivity index (χ2n) is 5.65. The Balaban J connectivity index is 1.74. The van der Waals surface area contributed by atoms with Crippen LogP contribution in [0.15, 0.2) is 60.9 Å². The molecule has 0 fully saturated rings. The molecule has 2 heterocycles. The highest BCUT2D eigenvalue weighted by Crippen LogP contribution is 2.30. The number of nitrogens with one attached hydrogen (secondary N) is 1. The Morgan fingerprint density at radius 3 is 2.74 bits per heavy atom. The van der Waals surface area contributed by atoms with Gasteiger partial charge in [-0.25, -0.2) is 0 Å². The Morgan fingerprint density at radius 1 is 1.00 bits per heavy atom. The zero-order valence-electron chi connectivity index (χ0n) is 12.4. The highest BCUT2D eigenvalue weighted by molar-refractivity contribution is 5.87. The molecule has 0 bridgehead atoms. The summed E-state index contributed by atoms with van der Waals surface area (Å²) in [6.45, 7) is 0. The number of para-hydroxylation sites is 2. The summed E-state index contributed by atoms with van der Waals surface area (Å²) >= 11 is 0. The summed E-state index contributed by atoms with van der Waals surface area (Å²) < 4.78 is 0. The van der Waals surface area contributed by atoms with Crippen LogP contribution in [0, 0.1) is 0 Å². The fourth-order valence-electron chi connectivity index (χ4n) is 3.08. The number of nitrogens with zero attached hydrogens (tertiary/aromatic N) is 1. The van der Waals surface area contributed by atoms with E-state index in [-0.39, 0.29) is 5.75 Å². The summed E-state index contributed by atoms with van der Waals surface area (Å²) in [7, 11) is 0. The van der Waals surface area contributed by atoms with Gasteiger partial charge in [-0.15, -0.1) is 0 Å². The van der Waals surface area contributed by atoms with Crippen LogP contribution in [0.5, 0.6) is 5.75 Å². The van der Waals surface area contributed by atoms with Crippen molar-refractivity contribution in [2.45, 2.75) is 12.5 Å². The van der Waals surface area contributed by atoms with E-state index in [2.05, 4.69) is 9.97 Å². The van der Waals surface area contributed by atoms with Gasteiger partial charge < -0.3 is 15.2 Å². The number of aliphatic hydroxyl groups excluding tert-OH is 1. The molecule has 0 aliphatic rings. The zero-order chi connectivity index (χ0) is 15.8. The number of phenolic OH excluding ortho intramolecular Hbond substituents is 1. The molecule has 0 spiro atoms. The van der Waals surface area contributed by atoms with Crippen LogP contribution in [0.4, 0.5) is 0 Å². The largest absolute Gasteiger partial charge is 0.506 e. The quantitative estimate of drug-likeness (QED) is 0.540. The van der Waals surface area contributed by atoms with Gasteiger partial charge in [0.2, 0.25) is 0 Å². The van der Waals surface area contributed by atoms with Crippen molar-refractivity contribution >= 4 is 21.8 Å². The third-order valence-corrected chi connectivity index (χ3v) is 4.23. The second kappa shape index (κ2) is 5.41. The molecule has 0 aliphatic carbocycles. The van der Waals surface area contributed by atoms with E-state index in [9.17, 15) is 10.2 Å². The van der Waals surface area contributed by atoms with Crippen LogP contribution in [-0.2, 0) is 6.42 Å². The number of pyridine rings is 1. The van der Waals surface area contributed by atoms with Crippen LogP contribution in [0.3, 0.4) is 0 Å². The number of aromatic amines is 1. The fraction of sp³-hybridized carbons (Fsp3) is 0.105. The first-order chi connectivity index (χ1) is 11.2. The van der Waals surface area contributed by atoms with E-state index in [1.807, 2.05) is 42.6 Å². The number of aliphatic hydroxyl groups is 1. The molecule has 23 heavy (non-hydrogen) atoms. The van der Waals surface area contributed by atoms with Crippen molar-refractivity contribution < 1.29 is 10.2 Å². The standard InChI is InChI=1S/C19H16N2O2/c22-17-7-3-5-13-12(8-9-20-19(13)17)10-18(23)15-11-21-16-6-2-1-4-14(15)16/h1-9,11,18,21-23H,10H2. The smallest absolute Gasteiger partial charge is 0.141 e. The first-order valence-corrected chi connectivity index (χ1v) is 7.53. The van der Waals surface area contributed by atoms with Gasteiger partial charge in [-0.3, -0.25) is 4.98 Å². The average molecular weight is 304 g/mol. The summed E-state index contributed by atoms with van der Waals surface area (Å²) in [5.74, 6) is 0.158. The first-order valence-electron chi connectivity index (χ1n) is 7.53. The van der Waals surface area contributed by atoms with Crippen molar-refractivity contribution in [3.8, 4) is 5.75 Å². The molecule has 2 aromatic heterocycles. The average Bonchev–Trinajstić information content (AvgIpc) is 3.00. The molecule has 0 aliphatic heterocycles. The summed E-state index contributed by atoms with van der Waals surface area (Å²) in [4.78, 5) is 7.41. The van der Waals surface area contributed by atoms with E-state index < -0.39 is 6.10 Å². The molecule has 0 amide bonds. The minimum absolute atomic E-state index is 0.158. The van der Waals surface area contributed by atoms with Crippen LogP contribution in [-0.4, -0.2) is 20.2 Å². The van der Waals surface area contributed by atoms with Gasteiger partial charge in [-0.05, 0) is 23.8 Å². The van der Waals surface area contributed by atoms with Crippen LogP contribution in [0.25, 0.3) is 21.8 Å². The first kappa shape index (κ1) is 13.8. The van der Waals surface area contributed by atoms with E-state index in [1.165, 1.54) is 0 Å². The zero-order valence-corrected chi connectivity index (χ0v) is 12.4. The molecule has 3 N–H and O–H groups in total. The molecule has 4 nitrogen and oxygen atoms in total. The van der Waals surface area contributed by atoms with Gasteiger partial charge in [-0.1, -0.05) is 30.3 Å². The number of hydrogen-bond acceptors (Lipinski definition) is 3. The number of hydrogen-bond donors (Lipinski definition) is 3. The van der Waals surface area contributed by atoms with E-state index in [4.69, 9.17) is 0 Å². The van der Waals surface area contributed by atoms with Crippen molar-refractivity contribution in [3.05, 3.63) is 72.1 Å². The third-order valence-electron chi connectivity index (χ3n) is 4.23. The molecular formula is C19H16N2O2. The summed E-state index contributed by atoms with van der Waals surface area (Å²) in [5.41, 5.74) is 3.42. The maximum Gasteiger partial charge on any atom is 0.141 e. The Hall–Kier alpha value is -2.85. The van der Waals surface area contributed by atoms with Crippen molar-refractivity contribution in [1.29, 1.82) is 0 Å². The predicted octanol–water partition coefficient (Wildman–Crippen LogP) is 3.70. The highest BCUT2D eigenvalue weighted by atomic mass is 16.3. The number of rotatable bonds is 3. The molecule has 114 valence electrons. The van der Waals surface area contributed by atoms with E-state index in [1.54, 1.807) is 18.3 Å². The molecular weight excluding hydrogens is 288 g/mol.